The number of rotatable bonds is 20. The Morgan fingerprint density at radius 1 is 0.410 bits per heavy atom. The van der Waals surface area contributed by atoms with E-state index in [9.17, 15) is 59.1 Å². The summed E-state index contributed by atoms with van der Waals surface area (Å²) in [6.45, 7) is 13.0. The van der Waals surface area contributed by atoms with Crippen LogP contribution in [0.15, 0.2) is 72.8 Å². The molecule has 0 radical (unpaired) electrons. The predicted molar refractivity (Wildman–Crippen MR) is 350 cm³/mol. The number of benzene rings is 4. The molecule has 8 aliphatic rings. The van der Waals surface area contributed by atoms with Gasteiger partial charge in [-0.2, -0.15) is 21.0 Å². The molecule has 8 atom stereocenters. The number of ether oxygens (including phenoxy) is 8. The van der Waals surface area contributed by atoms with Gasteiger partial charge < -0.3 is 67.3 Å². The Balaban J connectivity index is 0.000000229. The van der Waals surface area contributed by atoms with Gasteiger partial charge in [0.05, 0.1) is 70.7 Å². The van der Waals surface area contributed by atoms with Crippen LogP contribution in [0.3, 0.4) is 0 Å². The minimum absolute atomic E-state index is 0. The summed E-state index contributed by atoms with van der Waals surface area (Å²) in [7, 11) is -10.0. The highest BCUT2D eigenvalue weighted by Gasteiger charge is 2.54. The van der Waals surface area contributed by atoms with E-state index in [1.54, 1.807) is 148 Å². The first-order chi connectivity index (χ1) is 46.5. The average molecular weight is 1420 g/mol. The molecule has 100 heavy (non-hydrogen) atoms. The number of phosphoric ester groups is 2. The molecular weight excluding hydrogens is 1330 g/mol. The van der Waals surface area contributed by atoms with Crippen molar-refractivity contribution in [1.82, 2.24) is 19.6 Å². The number of carbonyl (C=O) groups excluding carboxylic acids is 4. The van der Waals surface area contributed by atoms with Crippen LogP contribution in [0.1, 0.15) is 183 Å². The Morgan fingerprint density at radius 2 is 0.610 bits per heavy atom. The zero-order valence-corrected chi connectivity index (χ0v) is 58.3. The molecule has 8 unspecified atom stereocenters. The van der Waals surface area contributed by atoms with Gasteiger partial charge in [-0.15, -0.1) is 0 Å². The van der Waals surface area contributed by atoms with Crippen molar-refractivity contribution in [3.8, 4) is 47.3 Å². The molecule has 8 heterocycles. The maximum absolute atomic E-state index is 12.9. The van der Waals surface area contributed by atoms with E-state index in [0.29, 0.717) is 145 Å². The molecule has 30 heteroatoms. The number of carbonyl (C=O) groups is 4. The van der Waals surface area contributed by atoms with Gasteiger partial charge in [0.2, 0.25) is 23.6 Å². The molecule has 0 bridgehead atoms. The normalized spacial score (nSPS) is 26.0. The van der Waals surface area contributed by atoms with Gasteiger partial charge in [0, 0.05) is 81.5 Å². The molecule has 0 aromatic heterocycles. The van der Waals surface area contributed by atoms with Gasteiger partial charge >= 0.3 is 0 Å². The van der Waals surface area contributed by atoms with Crippen molar-refractivity contribution in [3.05, 3.63) is 125 Å². The summed E-state index contributed by atoms with van der Waals surface area (Å²) in [5.74, 6) is 1.65. The van der Waals surface area contributed by atoms with E-state index in [4.69, 9.17) is 56.0 Å². The molecule has 0 saturated carbocycles. The van der Waals surface area contributed by atoms with E-state index >= 15 is 0 Å². The summed E-state index contributed by atoms with van der Waals surface area (Å²) in [6, 6.07) is 25.6. The molecule has 28 nitrogen and oxygen atoms in total. The summed E-state index contributed by atoms with van der Waals surface area (Å²) >= 11 is 0. The second-order valence-corrected chi connectivity index (χ2v) is 29.9. The van der Waals surface area contributed by atoms with Crippen molar-refractivity contribution >= 4 is 39.3 Å². The fourth-order valence-corrected chi connectivity index (χ4v) is 15.3. The predicted octanol–water partition coefficient (Wildman–Crippen LogP) is 9.06. The second-order valence-electron chi connectivity index (χ2n) is 27.1. The van der Waals surface area contributed by atoms with Crippen molar-refractivity contribution in [1.29, 1.82) is 21.0 Å². The topological polar surface area (TPSA) is 367 Å². The molecule has 4 fully saturated rings. The van der Waals surface area contributed by atoms with Gasteiger partial charge in [-0.05, 0) is 154 Å². The van der Waals surface area contributed by atoms with E-state index < -0.39 is 114 Å². The summed E-state index contributed by atoms with van der Waals surface area (Å²) in [4.78, 5) is 84.2. The number of amides is 4. The maximum atomic E-state index is 12.9. The Labute approximate surface area is 582 Å². The second kappa shape index (κ2) is 30.2. The molecular formula is C70H83N8O20P2-. The zero-order valence-electron chi connectivity index (χ0n) is 56.5. The standard InChI is InChI=1S/2C34H39N4O10P.CH4.CH3/c2*1-33(2)31(29(37-13-5-7-27(37)39)23-15-21(17-35)9-11-25(23)47-33)43-19-45-49(41,42)46-20-44-32-30(38-14-6-8-28(38)40)24-16-22(18-36)10-12-26(24)48-34(32,3)4;;/h2*9-12,15-16,29-32H,5-8,13-14,19-20H2,1-4H3,(H,41,42);1H4;1H3/q;;;+1/p-2. The molecule has 8 aliphatic heterocycles. The van der Waals surface area contributed by atoms with Gasteiger partial charge in [0.1, 0.15) is 69.8 Å². The lowest BCUT2D eigenvalue weighted by Crippen LogP contribution is -2.55. The smallest absolute Gasteiger partial charge is 0.272 e. The van der Waals surface area contributed by atoms with E-state index in [1.807, 2.05) is 0 Å². The lowest BCUT2D eigenvalue weighted by atomic mass is 9.85. The third kappa shape index (κ3) is 15.8. The number of fused-ring (bicyclic) bond motifs is 4. The first-order valence-electron chi connectivity index (χ1n) is 32.3. The fraction of sp³-hybridized carbons (Fsp3) is 0.529. The molecule has 0 aliphatic carbocycles. The van der Waals surface area contributed by atoms with Gasteiger partial charge in [-0.25, -0.2) is 0 Å². The minimum Gasteiger partial charge on any atom is -0.756 e. The van der Waals surface area contributed by atoms with Crippen LogP contribution in [-0.2, 0) is 65.4 Å². The Kier molecular flexibility index (Phi) is 23.0. The molecule has 0 spiro atoms. The number of nitriles is 4. The molecule has 4 saturated heterocycles. The largest absolute Gasteiger partial charge is 0.756 e. The summed E-state index contributed by atoms with van der Waals surface area (Å²) in [5.41, 5.74) is -0.244. The summed E-state index contributed by atoms with van der Waals surface area (Å²) in [6.07, 6.45) is 0.556. The molecule has 4 amide bonds. The van der Waals surface area contributed by atoms with Gasteiger partial charge in [-0.3, -0.25) is 46.4 Å². The third-order valence-corrected chi connectivity index (χ3v) is 20.5. The van der Waals surface area contributed by atoms with Crippen LogP contribution in [-0.4, -0.2) is 143 Å². The van der Waals surface area contributed by atoms with E-state index in [2.05, 4.69) is 24.3 Å². The quantitative estimate of drug-likeness (QED) is 0.0452. The summed E-state index contributed by atoms with van der Waals surface area (Å²) < 4.78 is 95.2. The van der Waals surface area contributed by atoms with Crippen LogP contribution in [0.2, 0.25) is 0 Å². The number of nitrogens with zero attached hydrogens (tertiary/aromatic N) is 8. The SMILES string of the molecule is C.CC1(C)Oc2ccc(C#N)cc2C(N2CCCC2=O)C1OCOP(=O)([O-])OCOC1C(N2CCCC2=O)c2cc(C#N)ccc2OC1(C)C.CC1(C)Oc2ccc(C#N)cc2C(N2CCCC2=O)C1OCOP(=O)([O-])OCOC1C(N2CCCC2=O)c2cc(C#N)ccc2OC1(C)C.[CH3+]. The first-order valence-corrected chi connectivity index (χ1v) is 35.2. The van der Waals surface area contributed by atoms with Crippen LogP contribution in [0.25, 0.3) is 0 Å². The molecule has 4 aromatic carbocycles. The van der Waals surface area contributed by atoms with Crippen LogP contribution >= 0.6 is 15.6 Å². The minimum atomic E-state index is -5.01. The number of hydrogen-bond donors (Lipinski definition) is 0. The number of likely N-dealkylation sites (tertiary alicyclic amines) is 4. The van der Waals surface area contributed by atoms with Crippen molar-refractivity contribution < 1.29 is 94.1 Å². The molecule has 4 aromatic rings. The lowest BCUT2D eigenvalue weighted by Gasteiger charge is -2.47. The Bertz CT molecular complexity index is 3540. The van der Waals surface area contributed by atoms with Crippen molar-refractivity contribution in [2.45, 2.75) is 185 Å². The highest BCUT2D eigenvalue weighted by molar-refractivity contribution is 7.46. The monoisotopic (exact) mass is 1420 g/mol. The number of phosphoric acid groups is 2. The zero-order chi connectivity index (χ0) is 70.3. The van der Waals surface area contributed by atoms with Crippen molar-refractivity contribution in [3.63, 3.8) is 0 Å². The summed E-state index contributed by atoms with van der Waals surface area (Å²) in [5, 5.41) is 38.1. The average Bonchev–Trinajstić information content (AvgIpc) is 1.17. The van der Waals surface area contributed by atoms with E-state index in [0.717, 1.165) is 0 Å². The van der Waals surface area contributed by atoms with Crippen LogP contribution < -0.4 is 28.7 Å². The fourth-order valence-electron chi connectivity index (χ4n) is 14.4. The van der Waals surface area contributed by atoms with E-state index in [-0.39, 0.29) is 38.5 Å². The lowest BCUT2D eigenvalue weighted by molar-refractivity contribution is -0.254. The van der Waals surface area contributed by atoms with E-state index in [1.165, 1.54) is 0 Å². The third-order valence-electron chi connectivity index (χ3n) is 18.8. The molecule has 534 valence electrons. The van der Waals surface area contributed by atoms with Gasteiger partial charge in [0.15, 0.2) is 27.2 Å². The van der Waals surface area contributed by atoms with Crippen LogP contribution in [0, 0.1) is 52.8 Å². The van der Waals surface area contributed by atoms with Crippen molar-refractivity contribution in [2.24, 2.45) is 0 Å². The first kappa shape index (κ1) is 76.0. The Hall–Kier alpha value is -8.15. The van der Waals surface area contributed by atoms with Crippen molar-refractivity contribution in [2.75, 3.05) is 53.4 Å². The highest BCUT2D eigenvalue weighted by atomic mass is 31.2. The maximum Gasteiger partial charge on any atom is 0.272 e. The van der Waals surface area contributed by atoms with Gasteiger partial charge in [-0.1, -0.05) is 7.43 Å². The molecule has 12 rings (SSSR count). The molecule has 0 N–H and O–H groups in total. The van der Waals surface area contributed by atoms with Gasteiger partial charge in [0.25, 0.3) is 15.6 Å². The number of hydrogen-bond acceptors (Lipinski definition) is 24. The van der Waals surface area contributed by atoms with Crippen LogP contribution in [0.4, 0.5) is 0 Å². The Morgan fingerprint density at radius 3 is 0.780 bits per heavy atom. The van der Waals surface area contributed by atoms with Crippen LogP contribution in [0.5, 0.6) is 23.0 Å². The highest BCUT2D eigenvalue weighted by Crippen LogP contribution is 2.52.